The van der Waals surface area contributed by atoms with E-state index in [4.69, 9.17) is 34.6 Å². The first-order valence-corrected chi connectivity index (χ1v) is 15.9. The number of hydrogen-bond donors (Lipinski definition) is 2. The van der Waals surface area contributed by atoms with E-state index in [0.717, 1.165) is 11.1 Å². The van der Waals surface area contributed by atoms with Gasteiger partial charge >= 0.3 is 0 Å². The zero-order valence-electron chi connectivity index (χ0n) is 27.5. The maximum atomic E-state index is 14.7. The lowest BCUT2D eigenvalue weighted by Gasteiger charge is -2.31. The predicted octanol–water partition coefficient (Wildman–Crippen LogP) is 6.95. The minimum Gasteiger partial charge on any atom is -0.494 e. The van der Waals surface area contributed by atoms with Crippen molar-refractivity contribution in [1.29, 1.82) is 0 Å². The van der Waals surface area contributed by atoms with E-state index < -0.39 is 11.6 Å². The first kappa shape index (κ1) is 34.6. The molecule has 0 spiro atoms. The summed E-state index contributed by atoms with van der Waals surface area (Å²) in [6, 6.07) is 30.0. The summed E-state index contributed by atoms with van der Waals surface area (Å²) in [6.45, 7) is 0.632. The van der Waals surface area contributed by atoms with Crippen molar-refractivity contribution in [3.63, 3.8) is 0 Å². The van der Waals surface area contributed by atoms with Crippen molar-refractivity contribution < 1.29 is 28.8 Å². The summed E-state index contributed by atoms with van der Waals surface area (Å²) >= 11 is 0. The van der Waals surface area contributed by atoms with Crippen LogP contribution in [0.4, 0.5) is 0 Å². The molecule has 1 amide bonds. The highest BCUT2D eigenvalue weighted by Gasteiger charge is 2.53. The molecule has 11 nitrogen and oxygen atoms in total. The van der Waals surface area contributed by atoms with Gasteiger partial charge in [0.2, 0.25) is 5.90 Å². The second kappa shape index (κ2) is 16.9. The molecule has 4 aromatic carbocycles. The Hall–Kier alpha value is -5.77. The first-order chi connectivity index (χ1) is 24.0. The van der Waals surface area contributed by atoms with Crippen molar-refractivity contribution in [2.45, 2.75) is 37.6 Å². The molecular weight excluding hydrogens is 622 g/mol. The van der Waals surface area contributed by atoms with Crippen LogP contribution in [0.15, 0.2) is 113 Å². The SMILES string of the molecule is COc1cccc(CNC(=O)[C@]2(C/C=C/c3ccccc3)N=C(c3ccc(OCCCO)cc3)O[C@@H]2c2ccccc2CN=[N+]=[N-])c1OC. The van der Waals surface area contributed by atoms with Gasteiger partial charge < -0.3 is 29.4 Å². The van der Waals surface area contributed by atoms with Crippen LogP contribution >= 0.6 is 0 Å². The van der Waals surface area contributed by atoms with Crippen LogP contribution in [0, 0.1) is 0 Å². The Morgan fingerprint density at radius 3 is 2.49 bits per heavy atom. The molecule has 252 valence electrons. The molecule has 0 bridgehead atoms. The highest BCUT2D eigenvalue weighted by Crippen LogP contribution is 2.44. The Bertz CT molecular complexity index is 1820. The average Bonchev–Trinajstić information content (AvgIpc) is 3.54. The van der Waals surface area contributed by atoms with Crippen LogP contribution in [-0.2, 0) is 22.6 Å². The number of aliphatic hydroxyl groups excluding tert-OH is 1. The van der Waals surface area contributed by atoms with Crippen LogP contribution in [-0.4, -0.2) is 49.9 Å². The Morgan fingerprint density at radius 2 is 1.76 bits per heavy atom. The molecule has 49 heavy (non-hydrogen) atoms. The second-order valence-corrected chi connectivity index (χ2v) is 11.2. The van der Waals surface area contributed by atoms with E-state index in [9.17, 15) is 4.79 Å². The van der Waals surface area contributed by atoms with E-state index in [-0.39, 0.29) is 37.9 Å². The van der Waals surface area contributed by atoms with Crippen molar-refractivity contribution >= 4 is 17.9 Å². The summed E-state index contributed by atoms with van der Waals surface area (Å²) in [5.74, 6) is 1.63. The van der Waals surface area contributed by atoms with Gasteiger partial charge in [0.15, 0.2) is 23.1 Å². The van der Waals surface area contributed by atoms with Gasteiger partial charge in [-0.25, -0.2) is 4.99 Å². The number of aliphatic imine (C=N–C) groups is 1. The molecule has 5 rings (SSSR count). The number of azide groups is 1. The number of nitrogens with one attached hydrogen (secondary N) is 1. The van der Waals surface area contributed by atoms with Gasteiger partial charge in [0.25, 0.3) is 5.91 Å². The monoisotopic (exact) mass is 661 g/mol. The molecular formula is C38H39N5O6. The Morgan fingerprint density at radius 1 is 1.00 bits per heavy atom. The largest absolute Gasteiger partial charge is 0.494 e. The Labute approximate surface area is 285 Å². The third-order valence-electron chi connectivity index (χ3n) is 8.13. The summed E-state index contributed by atoms with van der Waals surface area (Å²) < 4.78 is 23.5. The quantitative estimate of drug-likeness (QED) is 0.0575. The van der Waals surface area contributed by atoms with Crippen LogP contribution in [0.1, 0.15) is 46.8 Å². The topological polar surface area (TPSA) is 147 Å². The fraction of sp³-hybridized carbons (Fsp3) is 0.263. The van der Waals surface area contributed by atoms with Gasteiger partial charge in [0, 0.05) is 42.0 Å². The lowest BCUT2D eigenvalue weighted by Crippen LogP contribution is -2.48. The number of nitrogens with zero attached hydrogens (tertiary/aromatic N) is 4. The summed E-state index contributed by atoms with van der Waals surface area (Å²) in [6.07, 6.45) is 3.72. The number of ether oxygens (including phenoxy) is 4. The number of rotatable bonds is 16. The van der Waals surface area contributed by atoms with Crippen molar-refractivity contribution in [1.82, 2.24) is 5.32 Å². The second-order valence-electron chi connectivity index (χ2n) is 11.2. The molecule has 1 aliphatic heterocycles. The summed E-state index contributed by atoms with van der Waals surface area (Å²) in [4.78, 5) is 22.8. The molecule has 0 fully saturated rings. The number of para-hydroxylation sites is 1. The van der Waals surface area contributed by atoms with Crippen LogP contribution in [0.2, 0.25) is 0 Å². The number of amides is 1. The van der Waals surface area contributed by atoms with Gasteiger partial charge in [0.1, 0.15) is 5.75 Å². The Kier molecular flexibility index (Phi) is 11.9. The molecule has 0 saturated heterocycles. The highest BCUT2D eigenvalue weighted by atomic mass is 16.5. The summed E-state index contributed by atoms with van der Waals surface area (Å²) in [5.41, 5.74) is 11.4. The van der Waals surface area contributed by atoms with Gasteiger partial charge in [-0.05, 0) is 52.6 Å². The van der Waals surface area contributed by atoms with Crippen LogP contribution < -0.4 is 19.5 Å². The summed E-state index contributed by atoms with van der Waals surface area (Å²) in [7, 11) is 3.12. The molecule has 1 aliphatic rings. The summed E-state index contributed by atoms with van der Waals surface area (Å²) in [5, 5.41) is 16.0. The number of hydrogen-bond acceptors (Lipinski definition) is 8. The number of benzene rings is 4. The van der Waals surface area contributed by atoms with Gasteiger partial charge in [0.05, 0.1) is 27.4 Å². The third-order valence-corrected chi connectivity index (χ3v) is 8.13. The molecule has 4 aromatic rings. The molecule has 11 heteroatoms. The maximum absolute atomic E-state index is 14.7. The van der Waals surface area contributed by atoms with Crippen LogP contribution in [0.25, 0.3) is 16.5 Å². The Balaban J connectivity index is 1.59. The predicted molar refractivity (Wildman–Crippen MR) is 188 cm³/mol. The molecule has 0 aromatic heterocycles. The van der Waals surface area contributed by atoms with Crippen molar-refractivity contribution in [2.24, 2.45) is 10.1 Å². The lowest BCUT2D eigenvalue weighted by molar-refractivity contribution is -0.129. The van der Waals surface area contributed by atoms with Crippen molar-refractivity contribution in [2.75, 3.05) is 27.4 Å². The van der Waals surface area contributed by atoms with E-state index in [2.05, 4.69) is 15.3 Å². The lowest BCUT2D eigenvalue weighted by atomic mass is 9.82. The first-order valence-electron chi connectivity index (χ1n) is 15.9. The van der Waals surface area contributed by atoms with E-state index >= 15 is 0 Å². The van der Waals surface area contributed by atoms with E-state index in [1.165, 1.54) is 0 Å². The molecule has 0 aliphatic carbocycles. The van der Waals surface area contributed by atoms with Gasteiger partial charge in [-0.3, -0.25) is 4.79 Å². The van der Waals surface area contributed by atoms with Crippen LogP contribution in [0.3, 0.4) is 0 Å². The van der Waals surface area contributed by atoms with Gasteiger partial charge in [-0.15, -0.1) is 0 Å². The minimum atomic E-state index is -1.46. The normalized spacial score (nSPS) is 16.7. The van der Waals surface area contributed by atoms with Crippen molar-refractivity contribution in [3.05, 3.63) is 141 Å². The van der Waals surface area contributed by atoms with E-state index in [0.29, 0.717) is 47.0 Å². The maximum Gasteiger partial charge on any atom is 0.252 e. The highest BCUT2D eigenvalue weighted by molar-refractivity contribution is 6.01. The standard InChI is InChI=1S/C38H39N5O6/c1-46-33-17-8-15-30(34(33)47-2)25-40-37(45)38(22-9-13-27-11-4-3-5-12-27)35(32-16-7-6-14-29(32)26-41-43-39)49-36(42-38)28-18-20-31(21-19-28)48-24-10-23-44/h3-9,11-21,35,44H,10,22-26H2,1-2H3,(H,40,45)/b13-9+/t35-,38-/m1/s1. The molecule has 2 atom stereocenters. The zero-order chi connectivity index (χ0) is 34.5. The fourth-order valence-electron chi connectivity index (χ4n) is 5.69. The molecule has 2 N–H and O–H groups in total. The minimum absolute atomic E-state index is 0.0404. The van der Waals surface area contributed by atoms with Gasteiger partial charge in [-0.2, -0.15) is 0 Å². The smallest absolute Gasteiger partial charge is 0.252 e. The average molecular weight is 662 g/mol. The number of carbonyl (C=O) groups excluding carboxylic acids is 1. The number of carbonyl (C=O) groups is 1. The zero-order valence-corrected chi connectivity index (χ0v) is 27.5. The molecule has 1 heterocycles. The van der Waals surface area contributed by atoms with Crippen molar-refractivity contribution in [3.8, 4) is 17.2 Å². The number of aliphatic hydroxyl groups is 1. The molecule has 0 unspecified atom stereocenters. The fourth-order valence-corrected chi connectivity index (χ4v) is 5.69. The van der Waals surface area contributed by atoms with E-state index in [1.54, 1.807) is 32.4 Å². The number of methoxy groups -OCH3 is 2. The molecule has 0 radical (unpaired) electrons. The van der Waals surface area contributed by atoms with E-state index in [1.807, 2.05) is 91.0 Å². The van der Waals surface area contributed by atoms with Gasteiger partial charge in [-0.1, -0.05) is 84.0 Å². The van der Waals surface area contributed by atoms with Crippen LogP contribution in [0.5, 0.6) is 17.2 Å². The molecule has 0 saturated carbocycles. The third kappa shape index (κ3) is 8.21.